The smallest absolute Gasteiger partial charge is 0.338 e. The van der Waals surface area contributed by atoms with Crippen molar-refractivity contribution < 1.29 is 19.1 Å². The van der Waals surface area contributed by atoms with Gasteiger partial charge >= 0.3 is 5.97 Å². The summed E-state index contributed by atoms with van der Waals surface area (Å²) in [5, 5.41) is 0. The molecular weight excluding hydrogens is 404 g/mol. The normalized spacial score (nSPS) is 13.2. The molecule has 0 spiro atoms. The fraction of sp³-hybridized carbons (Fsp3) is 0.296. The number of hydrogen-bond acceptors (Lipinski definition) is 4. The quantitative estimate of drug-likeness (QED) is 0.289. The largest absolute Gasteiger partial charge is 0.465 e. The van der Waals surface area contributed by atoms with Crippen LogP contribution in [0.5, 0.6) is 0 Å². The Kier molecular flexibility index (Phi) is 6.08. The van der Waals surface area contributed by atoms with Crippen LogP contribution in [-0.4, -0.2) is 36.3 Å². The van der Waals surface area contributed by atoms with Gasteiger partial charge in [0.25, 0.3) is 11.8 Å². The number of hydrogen-bond donors (Lipinski definition) is 0. The Morgan fingerprint density at radius 2 is 1.53 bits per heavy atom. The molecule has 4 rings (SSSR count). The minimum atomic E-state index is -0.343. The third-order valence-corrected chi connectivity index (χ3v) is 6.16. The van der Waals surface area contributed by atoms with Gasteiger partial charge in [0.15, 0.2) is 0 Å². The van der Waals surface area contributed by atoms with E-state index >= 15 is 0 Å². The highest BCUT2D eigenvalue weighted by Crippen LogP contribution is 2.34. The molecule has 0 atom stereocenters. The molecule has 0 unspecified atom stereocenters. The van der Waals surface area contributed by atoms with Crippen LogP contribution in [0.25, 0.3) is 11.1 Å². The van der Waals surface area contributed by atoms with E-state index in [1.807, 2.05) is 12.1 Å². The van der Waals surface area contributed by atoms with Crippen molar-refractivity contribution >= 4 is 17.8 Å². The second-order valence-electron chi connectivity index (χ2n) is 8.49. The van der Waals surface area contributed by atoms with Gasteiger partial charge in [0.2, 0.25) is 0 Å². The molecule has 1 heterocycles. The molecule has 5 nitrogen and oxygen atoms in total. The molecule has 0 N–H and O–H groups in total. The number of fused-ring (bicyclic) bond motifs is 2. The molecule has 0 saturated heterocycles. The summed E-state index contributed by atoms with van der Waals surface area (Å²) < 4.78 is 4.99. The molecule has 32 heavy (non-hydrogen) atoms. The van der Waals surface area contributed by atoms with E-state index in [9.17, 15) is 14.4 Å². The Balaban J connectivity index is 1.48. The zero-order chi connectivity index (χ0) is 22.8. The zero-order valence-corrected chi connectivity index (χ0v) is 18.7. The first-order valence-corrected chi connectivity index (χ1v) is 11.0. The van der Waals surface area contributed by atoms with Crippen molar-refractivity contribution in [2.75, 3.05) is 13.7 Å². The molecule has 0 bridgehead atoms. The van der Waals surface area contributed by atoms with Crippen LogP contribution in [-0.2, 0) is 11.2 Å². The summed E-state index contributed by atoms with van der Waals surface area (Å²) >= 11 is 0. The lowest BCUT2D eigenvalue weighted by Gasteiger charge is -2.13. The number of unbranched alkanes of at least 4 members (excludes halogenated alkanes) is 1. The lowest BCUT2D eigenvalue weighted by atomic mass is 10.0. The van der Waals surface area contributed by atoms with Crippen molar-refractivity contribution in [3.8, 4) is 11.1 Å². The predicted octanol–water partition coefficient (Wildman–Crippen LogP) is 5.32. The first kappa shape index (κ1) is 21.8. The van der Waals surface area contributed by atoms with Crippen LogP contribution in [0, 0.1) is 0 Å². The van der Waals surface area contributed by atoms with Crippen LogP contribution in [0.15, 0.2) is 54.6 Å². The van der Waals surface area contributed by atoms with Crippen molar-refractivity contribution in [1.29, 1.82) is 0 Å². The molecule has 0 fully saturated rings. The van der Waals surface area contributed by atoms with Gasteiger partial charge in [-0.3, -0.25) is 14.5 Å². The number of aryl methyl sites for hydroxylation is 1. The molecule has 2 aliphatic carbocycles. The number of esters is 1. The van der Waals surface area contributed by atoms with Crippen LogP contribution in [0.3, 0.4) is 0 Å². The second kappa shape index (κ2) is 8.95. The van der Waals surface area contributed by atoms with E-state index < -0.39 is 0 Å². The maximum atomic E-state index is 12.5. The standard InChI is InChI=1S/C27H27NO4/c1-17(2)18-11-13-20-19(16-24(27(31)32-3)21(20)14-12-18)8-6-7-15-28-25(29)22-9-4-5-10-23(22)26(28)30/h4-5,9-14,16-17H,6-8,15H2,1-3H3/i16+2. The van der Waals surface area contributed by atoms with E-state index in [4.69, 9.17) is 4.74 Å². The first-order valence-electron chi connectivity index (χ1n) is 11.0. The number of methoxy groups -OCH3 is 1. The summed E-state index contributed by atoms with van der Waals surface area (Å²) in [5.41, 5.74) is 5.74. The van der Waals surface area contributed by atoms with Gasteiger partial charge in [0, 0.05) is 6.54 Å². The van der Waals surface area contributed by atoms with Crippen LogP contribution in [0.4, 0.5) is 0 Å². The van der Waals surface area contributed by atoms with Crippen molar-refractivity contribution in [3.63, 3.8) is 0 Å². The minimum Gasteiger partial charge on any atom is -0.465 e. The third-order valence-electron chi connectivity index (χ3n) is 6.16. The number of carbonyl (C=O) groups is 3. The third kappa shape index (κ3) is 3.91. The first-order chi connectivity index (χ1) is 15.4. The van der Waals surface area contributed by atoms with Crippen molar-refractivity contribution in [1.82, 2.24) is 4.90 Å². The Morgan fingerprint density at radius 3 is 2.12 bits per heavy atom. The van der Waals surface area contributed by atoms with Crippen LogP contribution < -0.4 is 0 Å². The van der Waals surface area contributed by atoms with Crippen LogP contribution >= 0.6 is 0 Å². The Morgan fingerprint density at radius 1 is 0.906 bits per heavy atom. The van der Waals surface area contributed by atoms with E-state index in [1.54, 1.807) is 24.3 Å². The second-order valence-corrected chi connectivity index (χ2v) is 8.49. The Hall–Kier alpha value is -3.47. The van der Waals surface area contributed by atoms with Gasteiger partial charge in [-0.15, -0.1) is 0 Å². The molecule has 3 aliphatic rings. The molecule has 1 aromatic rings. The number of rotatable bonds is 7. The average Bonchev–Trinajstić information content (AvgIpc) is 3.14. The summed E-state index contributed by atoms with van der Waals surface area (Å²) in [6.45, 7) is 4.67. The van der Waals surface area contributed by atoms with Crippen molar-refractivity contribution in [2.45, 2.75) is 39.0 Å². The number of benzene rings is 1. The SMILES string of the molecule is COC(=O)c1[14cH]c(CCCCN2C(=O)c3ccccc3C2=O)c2ccc(C(C)C)ccc1-2. The Bertz CT molecular complexity index is 1130. The predicted molar refractivity (Wildman–Crippen MR) is 123 cm³/mol. The van der Waals surface area contributed by atoms with Gasteiger partial charge in [-0.1, -0.05) is 50.2 Å². The number of ether oxygens (including phenoxy) is 1. The molecular formula is C27H27NO4. The summed E-state index contributed by atoms with van der Waals surface area (Å²) in [6, 6.07) is 17.1. The maximum Gasteiger partial charge on any atom is 0.338 e. The van der Waals surface area contributed by atoms with Gasteiger partial charge in [-0.25, -0.2) is 4.79 Å². The molecule has 1 aliphatic heterocycles. The molecule has 2 amide bonds. The fourth-order valence-corrected chi connectivity index (χ4v) is 4.34. The van der Waals surface area contributed by atoms with E-state index in [0.717, 1.165) is 29.5 Å². The Labute approximate surface area is 188 Å². The summed E-state index contributed by atoms with van der Waals surface area (Å²) in [7, 11) is 1.39. The van der Waals surface area contributed by atoms with E-state index in [0.29, 0.717) is 35.6 Å². The van der Waals surface area contributed by atoms with Crippen LogP contribution in [0.2, 0.25) is 0 Å². The number of nitrogens with zero attached hydrogens (tertiary/aromatic N) is 1. The molecule has 1 aromatic carbocycles. The van der Waals surface area contributed by atoms with Gasteiger partial charge in [0.1, 0.15) is 0 Å². The minimum absolute atomic E-state index is 0.217. The van der Waals surface area contributed by atoms with Crippen molar-refractivity contribution in [3.05, 3.63) is 82.4 Å². The highest BCUT2D eigenvalue weighted by molar-refractivity contribution is 6.21. The summed E-state index contributed by atoms with van der Waals surface area (Å²) in [6.07, 6.45) is 2.24. The fourth-order valence-electron chi connectivity index (χ4n) is 4.34. The topological polar surface area (TPSA) is 63.7 Å². The summed E-state index contributed by atoms with van der Waals surface area (Å²) in [4.78, 5) is 38.7. The van der Waals surface area contributed by atoms with E-state index in [1.165, 1.54) is 17.6 Å². The monoisotopic (exact) mass is 431 g/mol. The lowest BCUT2D eigenvalue weighted by Crippen LogP contribution is -2.30. The van der Waals surface area contributed by atoms with Crippen LogP contribution in [0.1, 0.15) is 74.8 Å². The van der Waals surface area contributed by atoms with E-state index in [-0.39, 0.29) is 17.8 Å². The highest BCUT2D eigenvalue weighted by atomic mass is 16.5. The van der Waals surface area contributed by atoms with Gasteiger partial charge in [-0.2, -0.15) is 0 Å². The van der Waals surface area contributed by atoms with Crippen molar-refractivity contribution in [2.24, 2.45) is 0 Å². The number of carbonyl (C=O) groups excluding carboxylic acids is 3. The number of imide groups is 1. The molecule has 0 saturated carbocycles. The molecule has 0 radical (unpaired) electrons. The number of amides is 2. The average molecular weight is 432 g/mol. The maximum absolute atomic E-state index is 12.5. The van der Waals surface area contributed by atoms with Gasteiger partial charge in [-0.05, 0) is 65.6 Å². The zero-order valence-electron chi connectivity index (χ0n) is 18.7. The van der Waals surface area contributed by atoms with E-state index in [2.05, 4.69) is 32.0 Å². The van der Waals surface area contributed by atoms with Gasteiger partial charge < -0.3 is 4.74 Å². The molecule has 164 valence electrons. The molecule has 0 aromatic heterocycles. The highest BCUT2D eigenvalue weighted by Gasteiger charge is 2.34. The summed E-state index contributed by atoms with van der Waals surface area (Å²) in [5.74, 6) is -0.392. The van der Waals surface area contributed by atoms with Gasteiger partial charge in [0.05, 0.1) is 23.8 Å². The lowest BCUT2D eigenvalue weighted by molar-refractivity contribution is 0.0599. The molecule has 5 heteroatoms.